The number of imidazole rings is 1. The molecule has 2 heterocycles. The Bertz CT molecular complexity index is 509. The molecule has 0 spiro atoms. The maximum atomic E-state index is 4.40. The van der Waals surface area contributed by atoms with Crippen LogP contribution in [-0.4, -0.2) is 25.4 Å². The number of hydrogen-bond donors (Lipinski definition) is 1. The van der Waals surface area contributed by atoms with Crippen molar-refractivity contribution in [3.63, 3.8) is 0 Å². The summed E-state index contributed by atoms with van der Waals surface area (Å²) in [4.78, 5) is 4.40. The molecule has 0 radical (unpaired) electrons. The smallest absolute Gasteiger partial charge is 0.0950 e. The van der Waals surface area contributed by atoms with Gasteiger partial charge in [-0.2, -0.15) is 5.10 Å². The van der Waals surface area contributed by atoms with Gasteiger partial charge in [0.2, 0.25) is 0 Å². The minimum Gasteiger partial charge on any atom is -0.335 e. The Kier molecular flexibility index (Phi) is 3.15. The average molecular weight is 245 g/mol. The van der Waals surface area contributed by atoms with E-state index >= 15 is 0 Å². The molecule has 1 N–H and O–H groups in total. The Morgan fingerprint density at radius 1 is 1.33 bits per heavy atom. The largest absolute Gasteiger partial charge is 0.335 e. The van der Waals surface area contributed by atoms with E-state index in [1.165, 1.54) is 18.4 Å². The number of hydrogen-bond acceptors (Lipinski definition) is 3. The lowest BCUT2D eigenvalue weighted by Gasteiger charge is -2.02. The molecule has 0 amide bonds. The van der Waals surface area contributed by atoms with E-state index < -0.39 is 0 Å². The Hall–Kier alpha value is -1.62. The van der Waals surface area contributed by atoms with Gasteiger partial charge >= 0.3 is 0 Å². The minimum absolute atomic E-state index is 0.738. The quantitative estimate of drug-likeness (QED) is 0.835. The summed E-state index contributed by atoms with van der Waals surface area (Å²) < 4.78 is 4.10. The van der Waals surface area contributed by atoms with Crippen molar-refractivity contribution >= 4 is 0 Å². The molecule has 3 rings (SSSR count). The zero-order valence-corrected chi connectivity index (χ0v) is 10.7. The summed E-state index contributed by atoms with van der Waals surface area (Å²) in [5.74, 6) is 0. The van der Waals surface area contributed by atoms with Gasteiger partial charge in [0.05, 0.1) is 24.8 Å². The molecule has 0 saturated heterocycles. The molecule has 0 bridgehead atoms. The average Bonchev–Trinajstić information content (AvgIpc) is 2.93. The molecular formula is C13H19N5. The normalized spacial score (nSPS) is 15.2. The molecule has 0 aliphatic heterocycles. The first-order chi connectivity index (χ1) is 8.79. The van der Waals surface area contributed by atoms with Gasteiger partial charge in [-0.25, -0.2) is 4.98 Å². The van der Waals surface area contributed by atoms with Crippen molar-refractivity contribution in [2.45, 2.75) is 45.4 Å². The molecule has 18 heavy (non-hydrogen) atoms. The number of nitrogens with zero attached hydrogens (tertiary/aromatic N) is 4. The van der Waals surface area contributed by atoms with E-state index in [-0.39, 0.29) is 0 Å². The molecule has 1 aliphatic rings. The topological polar surface area (TPSA) is 47.7 Å². The molecular weight excluding hydrogens is 226 g/mol. The second-order valence-electron chi connectivity index (χ2n) is 5.04. The number of rotatable bonds is 6. The highest BCUT2D eigenvalue weighted by Gasteiger charge is 2.20. The lowest BCUT2D eigenvalue weighted by Crippen LogP contribution is -2.15. The van der Waals surface area contributed by atoms with Gasteiger partial charge in [-0.15, -0.1) is 0 Å². The van der Waals surface area contributed by atoms with E-state index in [0.29, 0.717) is 0 Å². The van der Waals surface area contributed by atoms with Crippen molar-refractivity contribution in [3.8, 4) is 0 Å². The van der Waals surface area contributed by atoms with Gasteiger partial charge in [-0.05, 0) is 25.3 Å². The van der Waals surface area contributed by atoms with Gasteiger partial charge in [0.15, 0.2) is 0 Å². The second kappa shape index (κ2) is 4.94. The summed E-state index contributed by atoms with van der Waals surface area (Å²) in [7, 11) is 0. The first-order valence-corrected chi connectivity index (χ1v) is 6.53. The molecule has 0 unspecified atom stereocenters. The standard InChI is InChI=1S/C13H19N5/c1-11-6-16-18(8-11)5-4-17-9-13(15-10-17)7-14-12-2-3-12/h6,8-10,12,14H,2-5,7H2,1H3. The highest BCUT2D eigenvalue weighted by Crippen LogP contribution is 2.18. The zero-order chi connectivity index (χ0) is 12.4. The van der Waals surface area contributed by atoms with Crippen LogP contribution in [0.1, 0.15) is 24.1 Å². The first-order valence-electron chi connectivity index (χ1n) is 6.53. The summed E-state index contributed by atoms with van der Waals surface area (Å²) >= 11 is 0. The van der Waals surface area contributed by atoms with Gasteiger partial charge < -0.3 is 9.88 Å². The monoisotopic (exact) mass is 245 g/mol. The highest BCUT2D eigenvalue weighted by atomic mass is 15.3. The highest BCUT2D eigenvalue weighted by molar-refractivity contribution is 5.00. The lowest BCUT2D eigenvalue weighted by molar-refractivity contribution is 0.532. The van der Waals surface area contributed by atoms with Crippen molar-refractivity contribution in [3.05, 3.63) is 36.2 Å². The van der Waals surface area contributed by atoms with Crippen LogP contribution in [0.25, 0.3) is 0 Å². The summed E-state index contributed by atoms with van der Waals surface area (Å²) in [5, 5.41) is 7.75. The van der Waals surface area contributed by atoms with Crippen LogP contribution in [0.4, 0.5) is 0 Å². The minimum atomic E-state index is 0.738. The third-order valence-corrected chi connectivity index (χ3v) is 3.19. The Labute approximate surface area is 107 Å². The van der Waals surface area contributed by atoms with Crippen LogP contribution in [0, 0.1) is 6.92 Å². The molecule has 5 heteroatoms. The molecule has 2 aromatic rings. The summed E-state index contributed by atoms with van der Waals surface area (Å²) in [6, 6.07) is 0.738. The molecule has 1 aliphatic carbocycles. The lowest BCUT2D eigenvalue weighted by atomic mass is 10.4. The van der Waals surface area contributed by atoms with Crippen LogP contribution in [0.5, 0.6) is 0 Å². The van der Waals surface area contributed by atoms with Crippen molar-refractivity contribution in [1.82, 2.24) is 24.6 Å². The van der Waals surface area contributed by atoms with Crippen LogP contribution in [0.2, 0.25) is 0 Å². The predicted octanol–water partition coefficient (Wildman–Crippen LogP) is 1.34. The second-order valence-corrected chi connectivity index (χ2v) is 5.04. The van der Waals surface area contributed by atoms with E-state index in [0.717, 1.165) is 31.4 Å². The summed E-state index contributed by atoms with van der Waals surface area (Å²) in [6.45, 7) is 4.75. The van der Waals surface area contributed by atoms with E-state index in [4.69, 9.17) is 0 Å². The predicted molar refractivity (Wildman–Crippen MR) is 69.1 cm³/mol. The van der Waals surface area contributed by atoms with E-state index in [1.807, 2.05) is 17.2 Å². The van der Waals surface area contributed by atoms with Crippen molar-refractivity contribution in [2.24, 2.45) is 0 Å². The third kappa shape index (κ3) is 2.98. The van der Waals surface area contributed by atoms with Crippen molar-refractivity contribution in [1.29, 1.82) is 0 Å². The van der Waals surface area contributed by atoms with Gasteiger partial charge in [0.25, 0.3) is 0 Å². The first kappa shape index (κ1) is 11.5. The number of aromatic nitrogens is 4. The van der Waals surface area contributed by atoms with Crippen molar-refractivity contribution in [2.75, 3.05) is 0 Å². The van der Waals surface area contributed by atoms with Crippen LogP contribution in [0.15, 0.2) is 24.9 Å². The van der Waals surface area contributed by atoms with Crippen LogP contribution >= 0.6 is 0 Å². The molecule has 1 fully saturated rings. The zero-order valence-electron chi connectivity index (χ0n) is 10.7. The Morgan fingerprint density at radius 3 is 2.94 bits per heavy atom. The SMILES string of the molecule is Cc1cnn(CCn2cnc(CNC3CC3)c2)c1. The van der Waals surface area contributed by atoms with Crippen molar-refractivity contribution < 1.29 is 0 Å². The molecule has 5 nitrogen and oxygen atoms in total. The van der Waals surface area contributed by atoms with Crippen LogP contribution in [0.3, 0.4) is 0 Å². The van der Waals surface area contributed by atoms with E-state index in [2.05, 4.69) is 39.3 Å². The fourth-order valence-electron chi connectivity index (χ4n) is 1.96. The number of nitrogens with one attached hydrogen (secondary N) is 1. The Balaban J connectivity index is 1.49. The molecule has 96 valence electrons. The molecule has 0 aromatic carbocycles. The van der Waals surface area contributed by atoms with E-state index in [1.54, 1.807) is 0 Å². The van der Waals surface area contributed by atoms with E-state index in [9.17, 15) is 0 Å². The van der Waals surface area contributed by atoms with Gasteiger partial charge in [0, 0.05) is 31.5 Å². The maximum absolute atomic E-state index is 4.40. The van der Waals surface area contributed by atoms with Gasteiger partial charge in [-0.3, -0.25) is 4.68 Å². The maximum Gasteiger partial charge on any atom is 0.0950 e. The summed E-state index contributed by atoms with van der Waals surface area (Å²) in [5.41, 5.74) is 2.33. The van der Waals surface area contributed by atoms with Gasteiger partial charge in [0.1, 0.15) is 0 Å². The molecule has 0 atom stereocenters. The third-order valence-electron chi connectivity index (χ3n) is 3.19. The fraction of sp³-hybridized carbons (Fsp3) is 0.538. The van der Waals surface area contributed by atoms with Crippen LogP contribution < -0.4 is 5.32 Å². The summed E-state index contributed by atoms with van der Waals surface area (Å²) in [6.07, 6.45) is 10.6. The molecule has 1 saturated carbocycles. The number of aryl methyl sites for hydroxylation is 3. The van der Waals surface area contributed by atoms with Gasteiger partial charge in [-0.1, -0.05) is 0 Å². The van der Waals surface area contributed by atoms with Crippen LogP contribution in [-0.2, 0) is 19.6 Å². The molecule has 2 aromatic heterocycles. The fourth-order valence-corrected chi connectivity index (χ4v) is 1.96. The Morgan fingerprint density at radius 2 is 2.22 bits per heavy atom.